The molecule has 0 spiro atoms. The number of hydrogen-bond donors (Lipinski definition) is 0. The fraction of sp³-hybridized carbons (Fsp3) is 0.333. The Morgan fingerprint density at radius 2 is 2.24 bits per heavy atom. The van der Waals surface area contributed by atoms with Crippen molar-refractivity contribution in [1.82, 2.24) is 10.1 Å². The van der Waals surface area contributed by atoms with E-state index >= 15 is 0 Å². The predicted molar refractivity (Wildman–Crippen MR) is 71.9 cm³/mol. The Hall–Kier alpha value is -1.11. The van der Waals surface area contributed by atoms with Crippen LogP contribution < -0.4 is 4.74 Å². The van der Waals surface area contributed by atoms with E-state index in [2.05, 4.69) is 32.7 Å². The van der Waals surface area contributed by atoms with E-state index in [0.717, 1.165) is 9.32 Å². The molecule has 0 N–H and O–H groups in total. The molecular formula is C12H13IN2O2. The first-order valence-corrected chi connectivity index (χ1v) is 6.44. The fourth-order valence-corrected chi connectivity index (χ4v) is 1.78. The minimum atomic E-state index is 0.244. The molecule has 1 aromatic heterocycles. The second-order valence-corrected chi connectivity index (χ2v) is 5.20. The highest BCUT2D eigenvalue weighted by atomic mass is 127. The smallest absolute Gasteiger partial charge is 0.229 e. The third-order valence-corrected chi connectivity index (χ3v) is 2.81. The highest BCUT2D eigenvalue weighted by Gasteiger charge is 2.10. The number of ether oxygens (including phenoxy) is 1. The lowest BCUT2D eigenvalue weighted by molar-refractivity contribution is 0.284. The SMILES string of the molecule is CC(C)c1nc(COc2cccc(I)c2)no1. The van der Waals surface area contributed by atoms with Gasteiger partial charge >= 0.3 is 0 Å². The van der Waals surface area contributed by atoms with Crippen molar-refractivity contribution in [3.05, 3.63) is 39.6 Å². The van der Waals surface area contributed by atoms with Gasteiger partial charge in [0.05, 0.1) is 0 Å². The first-order valence-electron chi connectivity index (χ1n) is 5.36. The van der Waals surface area contributed by atoms with Crippen LogP contribution in [-0.2, 0) is 6.61 Å². The van der Waals surface area contributed by atoms with E-state index in [1.165, 1.54) is 0 Å². The van der Waals surface area contributed by atoms with Crippen molar-refractivity contribution in [1.29, 1.82) is 0 Å². The molecule has 0 saturated heterocycles. The van der Waals surface area contributed by atoms with Crippen molar-refractivity contribution >= 4 is 22.6 Å². The second-order valence-electron chi connectivity index (χ2n) is 3.95. The van der Waals surface area contributed by atoms with E-state index < -0.39 is 0 Å². The highest BCUT2D eigenvalue weighted by Crippen LogP contribution is 2.16. The summed E-state index contributed by atoms with van der Waals surface area (Å²) in [6, 6.07) is 7.83. The van der Waals surface area contributed by atoms with Gasteiger partial charge in [0.25, 0.3) is 0 Å². The minimum Gasteiger partial charge on any atom is -0.485 e. The average Bonchev–Trinajstić information content (AvgIpc) is 2.75. The van der Waals surface area contributed by atoms with E-state index in [0.29, 0.717) is 18.3 Å². The molecule has 0 bridgehead atoms. The molecule has 5 heteroatoms. The lowest BCUT2D eigenvalue weighted by Crippen LogP contribution is -1.98. The molecule has 0 radical (unpaired) electrons. The van der Waals surface area contributed by atoms with Crippen molar-refractivity contribution in [3.63, 3.8) is 0 Å². The van der Waals surface area contributed by atoms with Crippen LogP contribution in [-0.4, -0.2) is 10.1 Å². The van der Waals surface area contributed by atoms with Gasteiger partial charge in [0.15, 0.2) is 6.61 Å². The van der Waals surface area contributed by atoms with E-state index in [9.17, 15) is 0 Å². The zero-order chi connectivity index (χ0) is 12.3. The number of benzene rings is 1. The highest BCUT2D eigenvalue weighted by molar-refractivity contribution is 14.1. The third-order valence-electron chi connectivity index (χ3n) is 2.14. The molecule has 1 aromatic carbocycles. The van der Waals surface area contributed by atoms with Gasteiger partial charge in [-0.2, -0.15) is 4.98 Å². The Morgan fingerprint density at radius 1 is 1.41 bits per heavy atom. The molecule has 4 nitrogen and oxygen atoms in total. The summed E-state index contributed by atoms with van der Waals surface area (Å²) in [5.41, 5.74) is 0. The molecule has 0 fully saturated rings. The van der Waals surface area contributed by atoms with Gasteiger partial charge in [-0.15, -0.1) is 0 Å². The molecule has 2 rings (SSSR count). The van der Waals surface area contributed by atoms with Gasteiger partial charge < -0.3 is 9.26 Å². The number of hydrogen-bond acceptors (Lipinski definition) is 4. The molecule has 17 heavy (non-hydrogen) atoms. The summed E-state index contributed by atoms with van der Waals surface area (Å²) in [6.45, 7) is 4.35. The standard InChI is InChI=1S/C12H13IN2O2/c1-8(2)12-14-11(15-17-12)7-16-10-5-3-4-9(13)6-10/h3-6,8H,7H2,1-2H3. The number of rotatable bonds is 4. The van der Waals surface area contributed by atoms with Crippen molar-refractivity contribution in [2.75, 3.05) is 0 Å². The first kappa shape index (κ1) is 12.3. The normalized spacial score (nSPS) is 10.8. The number of nitrogens with zero attached hydrogens (tertiary/aromatic N) is 2. The van der Waals surface area contributed by atoms with Gasteiger partial charge in [-0.25, -0.2) is 0 Å². The van der Waals surface area contributed by atoms with Crippen LogP contribution in [0.5, 0.6) is 5.75 Å². The van der Waals surface area contributed by atoms with Gasteiger partial charge in [0, 0.05) is 9.49 Å². The fourth-order valence-electron chi connectivity index (χ4n) is 1.27. The summed E-state index contributed by atoms with van der Waals surface area (Å²) in [7, 11) is 0. The van der Waals surface area contributed by atoms with E-state index in [1.807, 2.05) is 38.1 Å². The Balaban J connectivity index is 1.97. The molecule has 0 atom stereocenters. The average molecular weight is 344 g/mol. The maximum absolute atomic E-state index is 5.58. The van der Waals surface area contributed by atoms with Gasteiger partial charge in [0.2, 0.25) is 11.7 Å². The summed E-state index contributed by atoms with van der Waals surface area (Å²) >= 11 is 2.24. The summed E-state index contributed by atoms with van der Waals surface area (Å²) in [5, 5.41) is 3.86. The van der Waals surface area contributed by atoms with Crippen molar-refractivity contribution in [3.8, 4) is 5.75 Å². The van der Waals surface area contributed by atoms with Gasteiger partial charge in [-0.3, -0.25) is 0 Å². The Labute approximate surface area is 114 Å². The predicted octanol–water partition coefficient (Wildman–Crippen LogP) is 3.38. The Morgan fingerprint density at radius 3 is 2.88 bits per heavy atom. The lowest BCUT2D eigenvalue weighted by atomic mass is 10.2. The quantitative estimate of drug-likeness (QED) is 0.798. The monoisotopic (exact) mass is 344 g/mol. The summed E-state index contributed by atoms with van der Waals surface area (Å²) in [5.74, 6) is 2.28. The van der Waals surface area contributed by atoms with Gasteiger partial charge in [-0.05, 0) is 40.8 Å². The minimum absolute atomic E-state index is 0.244. The molecule has 0 unspecified atom stereocenters. The van der Waals surface area contributed by atoms with E-state index in [4.69, 9.17) is 9.26 Å². The van der Waals surface area contributed by atoms with Crippen LogP contribution in [0, 0.1) is 3.57 Å². The lowest BCUT2D eigenvalue weighted by Gasteiger charge is -2.02. The topological polar surface area (TPSA) is 48.2 Å². The van der Waals surface area contributed by atoms with E-state index in [1.54, 1.807) is 0 Å². The molecule has 0 saturated carbocycles. The molecule has 0 aliphatic heterocycles. The molecule has 0 aliphatic carbocycles. The van der Waals surface area contributed by atoms with Crippen LogP contribution in [0.4, 0.5) is 0 Å². The van der Waals surface area contributed by atoms with E-state index in [-0.39, 0.29) is 5.92 Å². The molecule has 0 aliphatic rings. The van der Waals surface area contributed by atoms with Crippen LogP contribution in [0.25, 0.3) is 0 Å². The Kier molecular flexibility index (Phi) is 3.98. The number of aromatic nitrogens is 2. The largest absolute Gasteiger partial charge is 0.485 e. The second kappa shape index (κ2) is 5.48. The third kappa shape index (κ3) is 3.42. The molecule has 2 aromatic rings. The molecule has 90 valence electrons. The van der Waals surface area contributed by atoms with Crippen LogP contribution in [0.1, 0.15) is 31.5 Å². The maximum atomic E-state index is 5.58. The van der Waals surface area contributed by atoms with Gasteiger partial charge in [0.1, 0.15) is 5.75 Å². The molecule has 1 heterocycles. The summed E-state index contributed by atoms with van der Waals surface area (Å²) < 4.78 is 11.8. The Bertz CT molecular complexity index is 497. The number of halogens is 1. The van der Waals surface area contributed by atoms with Crippen molar-refractivity contribution < 1.29 is 9.26 Å². The van der Waals surface area contributed by atoms with Crippen LogP contribution >= 0.6 is 22.6 Å². The van der Waals surface area contributed by atoms with Crippen molar-refractivity contribution in [2.45, 2.75) is 26.4 Å². The zero-order valence-corrected chi connectivity index (χ0v) is 11.8. The zero-order valence-electron chi connectivity index (χ0n) is 9.68. The van der Waals surface area contributed by atoms with Crippen molar-refractivity contribution in [2.24, 2.45) is 0 Å². The summed E-state index contributed by atoms with van der Waals surface area (Å²) in [6.07, 6.45) is 0. The molecular weight excluding hydrogens is 331 g/mol. The maximum Gasteiger partial charge on any atom is 0.229 e. The van der Waals surface area contributed by atoms with Gasteiger partial charge in [-0.1, -0.05) is 25.1 Å². The van der Waals surface area contributed by atoms with Crippen LogP contribution in [0.3, 0.4) is 0 Å². The molecule has 0 amide bonds. The van der Waals surface area contributed by atoms with Crippen LogP contribution in [0.2, 0.25) is 0 Å². The summed E-state index contributed by atoms with van der Waals surface area (Å²) in [4.78, 5) is 4.24. The van der Waals surface area contributed by atoms with Crippen LogP contribution in [0.15, 0.2) is 28.8 Å². The first-order chi connectivity index (χ1) is 8.15.